The maximum atomic E-state index is 13.7. The van der Waals surface area contributed by atoms with Crippen molar-refractivity contribution in [3.8, 4) is 11.1 Å². The molecule has 4 amide bonds. The molecule has 0 spiro atoms. The highest BCUT2D eigenvalue weighted by atomic mass is 16.6. The average Bonchev–Trinajstić information content (AvgIpc) is 3.24. The highest BCUT2D eigenvalue weighted by Gasteiger charge is 2.55. The number of β-lactam (4-membered cyclic amide) rings is 1. The van der Waals surface area contributed by atoms with Crippen molar-refractivity contribution in [2.45, 2.75) is 38.7 Å². The fourth-order valence-electron chi connectivity index (χ4n) is 6.04. The van der Waals surface area contributed by atoms with E-state index in [2.05, 4.69) is 15.6 Å². The number of carbonyl (C=O) groups excluding carboxylic acids is 5. The van der Waals surface area contributed by atoms with Gasteiger partial charge in [0.15, 0.2) is 0 Å². The number of guanidine groups is 1. The Kier molecular flexibility index (Phi) is 13.3. The van der Waals surface area contributed by atoms with Crippen LogP contribution in [0.1, 0.15) is 39.9 Å². The summed E-state index contributed by atoms with van der Waals surface area (Å²) in [6.45, 7) is -0.0406. The lowest BCUT2D eigenvalue weighted by Crippen LogP contribution is -2.66. The van der Waals surface area contributed by atoms with Gasteiger partial charge in [0.2, 0.25) is 11.9 Å². The molecule has 1 heterocycles. The van der Waals surface area contributed by atoms with Crippen LogP contribution in [0.4, 0.5) is 9.59 Å². The fourth-order valence-corrected chi connectivity index (χ4v) is 6.04. The first-order chi connectivity index (χ1) is 27.4. The number of carbonyl (C=O) groups is 5. The van der Waals surface area contributed by atoms with Crippen molar-refractivity contribution in [1.29, 1.82) is 0 Å². The Morgan fingerprint density at radius 3 is 1.52 bits per heavy atom. The summed E-state index contributed by atoms with van der Waals surface area (Å²) in [6, 6.07) is 42.5. The van der Waals surface area contributed by atoms with E-state index in [1.165, 1.54) is 0 Å². The van der Waals surface area contributed by atoms with Crippen molar-refractivity contribution in [2.75, 3.05) is 6.54 Å². The van der Waals surface area contributed by atoms with Crippen LogP contribution in [0, 0.1) is 5.92 Å². The molecule has 0 aliphatic carbocycles. The van der Waals surface area contributed by atoms with Gasteiger partial charge in [-0.15, -0.1) is 0 Å². The lowest BCUT2D eigenvalue weighted by atomic mass is 9.83. The molecule has 2 atom stereocenters. The summed E-state index contributed by atoms with van der Waals surface area (Å²) in [5, 5.41) is 4.88. The van der Waals surface area contributed by atoms with Gasteiger partial charge in [0.25, 0.3) is 5.91 Å². The highest BCUT2D eigenvalue weighted by molar-refractivity contribution is 6.13. The number of benzene rings is 5. The zero-order valence-electron chi connectivity index (χ0n) is 30.4. The van der Waals surface area contributed by atoms with Gasteiger partial charge in [0.05, 0.1) is 5.92 Å². The SMILES string of the molecule is O=C(NC(=NCCCC1C(=O)N(C(=O)c2ccc(-c3ccccc3)cc2)C1C(=O)OCc1ccccc1)NC(=O)OCc1ccccc1)OCc1ccccc1. The van der Waals surface area contributed by atoms with E-state index in [0.717, 1.165) is 32.7 Å². The van der Waals surface area contributed by atoms with E-state index < -0.39 is 41.9 Å². The normalized spacial score (nSPS) is 14.4. The topological polar surface area (TPSA) is 153 Å². The third kappa shape index (κ3) is 10.5. The van der Waals surface area contributed by atoms with Crippen molar-refractivity contribution >= 4 is 35.9 Å². The van der Waals surface area contributed by atoms with Crippen LogP contribution in [0.2, 0.25) is 0 Å². The van der Waals surface area contributed by atoms with Crippen molar-refractivity contribution in [2.24, 2.45) is 10.9 Å². The number of hydrogen-bond acceptors (Lipinski definition) is 9. The van der Waals surface area contributed by atoms with Crippen LogP contribution in [0.5, 0.6) is 0 Å². The molecule has 5 aromatic rings. The van der Waals surface area contributed by atoms with Gasteiger partial charge in [0, 0.05) is 12.1 Å². The summed E-state index contributed by atoms with van der Waals surface area (Å²) >= 11 is 0. The summed E-state index contributed by atoms with van der Waals surface area (Å²) in [6.07, 6.45) is -1.32. The van der Waals surface area contributed by atoms with E-state index in [4.69, 9.17) is 14.2 Å². The van der Waals surface area contributed by atoms with Crippen LogP contribution in [0.15, 0.2) is 151 Å². The van der Waals surface area contributed by atoms with Crippen LogP contribution in [0.25, 0.3) is 11.1 Å². The lowest BCUT2D eigenvalue weighted by Gasteiger charge is -2.43. The number of aliphatic imine (C=N–C) groups is 1. The predicted octanol–water partition coefficient (Wildman–Crippen LogP) is 7.05. The first-order valence-electron chi connectivity index (χ1n) is 18.1. The number of nitrogens with one attached hydrogen (secondary N) is 2. The van der Waals surface area contributed by atoms with Gasteiger partial charge in [-0.2, -0.15) is 0 Å². The van der Waals surface area contributed by atoms with E-state index in [1.54, 1.807) is 60.7 Å². The summed E-state index contributed by atoms with van der Waals surface area (Å²) < 4.78 is 16.2. The standard InChI is InChI=1S/C44H40N4O8/c49-39(36-25-23-35(24-26-36)34-20-11-4-12-21-34)48-38(41(51)54-28-31-14-5-1-6-15-31)37(40(48)50)22-13-27-45-42(46-43(52)55-29-32-16-7-2-8-17-32)47-44(53)56-30-33-18-9-3-10-19-33/h1-12,14-21,23-26,37-38H,13,22,27-30H2,(H2,45,46,47,52,53). The quantitative estimate of drug-likeness (QED) is 0.0247. The van der Waals surface area contributed by atoms with Crippen LogP contribution >= 0.6 is 0 Å². The first kappa shape index (κ1) is 38.6. The molecule has 0 radical (unpaired) electrons. The molecule has 0 bridgehead atoms. The minimum atomic E-state index is -1.16. The molecule has 1 fully saturated rings. The summed E-state index contributed by atoms with van der Waals surface area (Å²) in [4.78, 5) is 71.4. The lowest BCUT2D eigenvalue weighted by molar-refractivity contribution is -0.171. The Bertz CT molecular complexity index is 2070. The molecule has 1 saturated heterocycles. The number of likely N-dealkylation sites (tertiary alicyclic amines) is 1. The third-order valence-electron chi connectivity index (χ3n) is 8.95. The maximum Gasteiger partial charge on any atom is 0.414 e. The van der Waals surface area contributed by atoms with Crippen LogP contribution in [-0.4, -0.2) is 53.4 Å². The van der Waals surface area contributed by atoms with Crippen molar-refractivity contribution in [3.63, 3.8) is 0 Å². The third-order valence-corrected chi connectivity index (χ3v) is 8.95. The monoisotopic (exact) mass is 752 g/mol. The molecule has 12 heteroatoms. The number of alkyl carbamates (subject to hydrolysis) is 2. The summed E-state index contributed by atoms with van der Waals surface area (Å²) in [5.41, 5.74) is 4.39. The minimum absolute atomic E-state index is 0.0175. The number of imide groups is 1. The van der Waals surface area contributed by atoms with Gasteiger partial charge < -0.3 is 14.2 Å². The zero-order chi connectivity index (χ0) is 39.1. The highest BCUT2D eigenvalue weighted by Crippen LogP contribution is 2.34. The minimum Gasteiger partial charge on any atom is -0.459 e. The predicted molar refractivity (Wildman–Crippen MR) is 208 cm³/mol. The Balaban J connectivity index is 1.11. The summed E-state index contributed by atoms with van der Waals surface area (Å²) in [7, 11) is 0. The van der Waals surface area contributed by atoms with Gasteiger partial charge >= 0.3 is 18.2 Å². The van der Waals surface area contributed by atoms with Crippen molar-refractivity contribution < 1.29 is 38.2 Å². The maximum absolute atomic E-state index is 13.7. The number of ether oxygens (including phenoxy) is 3. The Labute approximate surface area is 324 Å². The first-order valence-corrected chi connectivity index (χ1v) is 18.1. The fraction of sp³-hybridized carbons (Fsp3) is 0.182. The van der Waals surface area contributed by atoms with Crippen molar-refractivity contribution in [3.05, 3.63) is 168 Å². The molecule has 1 aliphatic heterocycles. The van der Waals surface area contributed by atoms with Crippen LogP contribution in [-0.2, 0) is 43.6 Å². The van der Waals surface area contributed by atoms with Crippen molar-refractivity contribution in [1.82, 2.24) is 15.5 Å². The van der Waals surface area contributed by atoms with Gasteiger partial charge in [0.1, 0.15) is 25.9 Å². The number of hydrogen-bond donors (Lipinski definition) is 2. The molecule has 284 valence electrons. The van der Waals surface area contributed by atoms with Crippen LogP contribution in [0.3, 0.4) is 0 Å². The van der Waals surface area contributed by atoms with Gasteiger partial charge in [-0.25, -0.2) is 14.4 Å². The Hall–Kier alpha value is -7.08. The molecule has 0 saturated carbocycles. The molecule has 2 N–H and O–H groups in total. The molecule has 5 aromatic carbocycles. The zero-order valence-corrected chi connectivity index (χ0v) is 30.4. The van der Waals surface area contributed by atoms with Gasteiger partial charge in [-0.05, 0) is 52.8 Å². The number of rotatable bonds is 13. The summed E-state index contributed by atoms with van der Waals surface area (Å²) in [5.74, 6) is -2.92. The van der Waals surface area contributed by atoms with Crippen LogP contribution < -0.4 is 10.6 Å². The molecule has 2 unspecified atom stereocenters. The number of amides is 4. The molecule has 0 aromatic heterocycles. The number of nitrogens with zero attached hydrogens (tertiary/aromatic N) is 2. The second-order valence-electron chi connectivity index (χ2n) is 12.8. The van der Waals surface area contributed by atoms with E-state index in [0.29, 0.717) is 0 Å². The molecule has 6 rings (SSSR count). The second-order valence-corrected chi connectivity index (χ2v) is 12.8. The van der Waals surface area contributed by atoms with E-state index in [-0.39, 0.29) is 50.7 Å². The largest absolute Gasteiger partial charge is 0.459 e. The molecular formula is C44H40N4O8. The van der Waals surface area contributed by atoms with E-state index >= 15 is 0 Å². The van der Waals surface area contributed by atoms with E-state index in [1.807, 2.05) is 84.9 Å². The molecule has 56 heavy (non-hydrogen) atoms. The Morgan fingerprint density at radius 1 is 0.571 bits per heavy atom. The molecular weight excluding hydrogens is 713 g/mol. The Morgan fingerprint density at radius 2 is 1.02 bits per heavy atom. The van der Waals surface area contributed by atoms with Gasteiger partial charge in [-0.3, -0.25) is 30.1 Å². The second kappa shape index (κ2) is 19.3. The molecule has 12 nitrogen and oxygen atoms in total. The van der Waals surface area contributed by atoms with E-state index in [9.17, 15) is 24.0 Å². The average molecular weight is 753 g/mol. The smallest absolute Gasteiger partial charge is 0.414 e. The molecule has 1 aliphatic rings. The van der Waals surface area contributed by atoms with Gasteiger partial charge in [-0.1, -0.05) is 133 Å². The number of esters is 1.